The molecule has 0 aliphatic heterocycles. The van der Waals surface area contributed by atoms with Gasteiger partial charge in [-0.15, -0.1) is 11.3 Å². The monoisotopic (exact) mass is 248 g/mol. The van der Waals surface area contributed by atoms with Crippen LogP contribution in [-0.4, -0.2) is 14.5 Å². The molecule has 0 atom stereocenters. The van der Waals surface area contributed by atoms with E-state index in [0.29, 0.717) is 0 Å². The Morgan fingerprint density at radius 3 is 2.94 bits per heavy atom. The van der Waals surface area contributed by atoms with Gasteiger partial charge in [-0.1, -0.05) is 0 Å². The highest BCUT2D eigenvalue weighted by atomic mass is 32.1. The lowest BCUT2D eigenvalue weighted by Gasteiger charge is -2.02. The van der Waals surface area contributed by atoms with Crippen molar-refractivity contribution in [2.45, 2.75) is 13.5 Å². The topological polar surface area (TPSA) is 91.5 Å². The van der Waals surface area contributed by atoms with E-state index < -0.39 is 11.2 Å². The maximum atomic E-state index is 11.5. The van der Waals surface area contributed by atoms with Crippen molar-refractivity contribution >= 4 is 11.3 Å². The Labute approximate surface area is 99.8 Å². The lowest BCUT2D eigenvalue weighted by Crippen LogP contribution is -2.31. The van der Waals surface area contributed by atoms with Crippen LogP contribution >= 0.6 is 11.3 Å². The van der Waals surface area contributed by atoms with E-state index in [-0.39, 0.29) is 12.1 Å². The summed E-state index contributed by atoms with van der Waals surface area (Å²) in [7, 11) is 0. The summed E-state index contributed by atoms with van der Waals surface area (Å²) < 4.78 is 1.26. The molecule has 2 aromatic rings. The molecular weight excluding hydrogens is 240 g/mol. The zero-order valence-electron chi connectivity index (χ0n) is 8.93. The number of aromatic amines is 1. The molecule has 2 heterocycles. The van der Waals surface area contributed by atoms with Gasteiger partial charge in [-0.25, -0.2) is 9.78 Å². The van der Waals surface area contributed by atoms with Crippen molar-refractivity contribution in [3.05, 3.63) is 48.7 Å². The summed E-state index contributed by atoms with van der Waals surface area (Å²) >= 11 is 1.48. The molecule has 0 bridgehead atoms. The van der Waals surface area contributed by atoms with Gasteiger partial charge >= 0.3 is 5.69 Å². The molecule has 0 saturated carbocycles. The highest BCUT2D eigenvalue weighted by Crippen LogP contribution is 2.08. The number of aryl methyl sites for hydroxylation is 1. The number of nitriles is 1. The fourth-order valence-electron chi connectivity index (χ4n) is 1.36. The van der Waals surface area contributed by atoms with Crippen LogP contribution in [0.25, 0.3) is 0 Å². The van der Waals surface area contributed by atoms with Gasteiger partial charge in [0, 0.05) is 11.6 Å². The Morgan fingerprint density at radius 2 is 2.35 bits per heavy atom. The lowest BCUT2D eigenvalue weighted by atomic mass is 10.3. The summed E-state index contributed by atoms with van der Waals surface area (Å²) in [6.45, 7) is 2.11. The standard InChI is InChI=1S/C10H8N4O2S/c1-6-12-8(5-17-6)4-14-3-7(2-11)9(15)13-10(14)16/h3,5H,4H2,1H3,(H,13,15,16). The summed E-state index contributed by atoms with van der Waals surface area (Å²) in [5.74, 6) is 0. The van der Waals surface area contributed by atoms with Gasteiger partial charge < -0.3 is 0 Å². The molecule has 7 heteroatoms. The van der Waals surface area contributed by atoms with Crippen LogP contribution in [0.2, 0.25) is 0 Å². The summed E-state index contributed by atoms with van der Waals surface area (Å²) in [5, 5.41) is 11.4. The van der Waals surface area contributed by atoms with Crippen LogP contribution in [0, 0.1) is 18.3 Å². The van der Waals surface area contributed by atoms with Crippen LogP contribution in [0.5, 0.6) is 0 Å². The molecule has 2 rings (SSSR count). The van der Waals surface area contributed by atoms with E-state index in [9.17, 15) is 9.59 Å². The smallest absolute Gasteiger partial charge is 0.293 e. The van der Waals surface area contributed by atoms with Gasteiger partial charge in [0.25, 0.3) is 5.56 Å². The predicted molar refractivity (Wildman–Crippen MR) is 62.0 cm³/mol. The van der Waals surface area contributed by atoms with E-state index in [0.717, 1.165) is 10.7 Å². The molecule has 1 N–H and O–H groups in total. The number of aromatic nitrogens is 3. The minimum absolute atomic E-state index is 0.0865. The predicted octanol–water partition coefficient (Wildman–Crippen LogP) is 0.221. The van der Waals surface area contributed by atoms with E-state index in [1.165, 1.54) is 22.1 Å². The number of hydrogen-bond acceptors (Lipinski definition) is 5. The molecule has 0 amide bonds. The molecule has 17 heavy (non-hydrogen) atoms. The molecule has 0 fully saturated rings. The molecule has 0 spiro atoms. The van der Waals surface area contributed by atoms with Crippen LogP contribution in [0.3, 0.4) is 0 Å². The molecule has 0 aliphatic carbocycles. The molecule has 0 unspecified atom stereocenters. The van der Waals surface area contributed by atoms with Gasteiger partial charge in [-0.05, 0) is 6.92 Å². The van der Waals surface area contributed by atoms with E-state index in [4.69, 9.17) is 5.26 Å². The Morgan fingerprint density at radius 1 is 1.59 bits per heavy atom. The highest BCUT2D eigenvalue weighted by molar-refractivity contribution is 7.09. The van der Waals surface area contributed by atoms with Gasteiger partial charge in [-0.3, -0.25) is 14.3 Å². The first-order chi connectivity index (χ1) is 8.10. The summed E-state index contributed by atoms with van der Waals surface area (Å²) in [6.07, 6.45) is 1.25. The van der Waals surface area contributed by atoms with Crippen LogP contribution in [0.1, 0.15) is 16.3 Å². The molecule has 86 valence electrons. The largest absolute Gasteiger partial charge is 0.328 e. The fraction of sp³-hybridized carbons (Fsp3) is 0.200. The van der Waals surface area contributed by atoms with E-state index in [2.05, 4.69) is 9.97 Å². The Balaban J connectivity index is 2.43. The van der Waals surface area contributed by atoms with E-state index >= 15 is 0 Å². The highest BCUT2D eigenvalue weighted by Gasteiger charge is 2.06. The second-order valence-electron chi connectivity index (χ2n) is 3.40. The second-order valence-corrected chi connectivity index (χ2v) is 4.46. The zero-order valence-corrected chi connectivity index (χ0v) is 9.74. The van der Waals surface area contributed by atoms with Crippen LogP contribution in [0.15, 0.2) is 21.2 Å². The Kier molecular flexibility index (Phi) is 2.89. The number of nitrogens with zero attached hydrogens (tertiary/aromatic N) is 3. The van der Waals surface area contributed by atoms with Crippen LogP contribution < -0.4 is 11.2 Å². The Bertz CT molecular complexity index is 704. The van der Waals surface area contributed by atoms with Crippen molar-refractivity contribution in [2.24, 2.45) is 0 Å². The van der Waals surface area contributed by atoms with Crippen molar-refractivity contribution in [2.75, 3.05) is 0 Å². The fourth-order valence-corrected chi connectivity index (χ4v) is 1.97. The maximum absolute atomic E-state index is 11.5. The second kappa shape index (κ2) is 4.35. The van der Waals surface area contributed by atoms with Gasteiger partial charge in [0.15, 0.2) is 0 Å². The van der Waals surface area contributed by atoms with Crippen molar-refractivity contribution in [3.8, 4) is 6.07 Å². The third-order valence-corrected chi connectivity index (χ3v) is 2.95. The van der Waals surface area contributed by atoms with Crippen LogP contribution in [0.4, 0.5) is 0 Å². The van der Waals surface area contributed by atoms with Crippen molar-refractivity contribution in [3.63, 3.8) is 0 Å². The van der Waals surface area contributed by atoms with Crippen LogP contribution in [-0.2, 0) is 6.54 Å². The SMILES string of the molecule is Cc1nc(Cn2cc(C#N)c(=O)[nH]c2=O)cs1. The van der Waals surface area contributed by atoms with Gasteiger partial charge in [-0.2, -0.15) is 5.26 Å². The average molecular weight is 248 g/mol. The summed E-state index contributed by atoms with van der Waals surface area (Å²) in [4.78, 5) is 29.0. The maximum Gasteiger partial charge on any atom is 0.328 e. The average Bonchev–Trinajstić information content (AvgIpc) is 2.68. The van der Waals surface area contributed by atoms with E-state index in [1.54, 1.807) is 6.07 Å². The molecule has 2 aromatic heterocycles. The minimum atomic E-state index is -0.664. The van der Waals surface area contributed by atoms with Crippen molar-refractivity contribution in [1.82, 2.24) is 14.5 Å². The molecule has 0 saturated heterocycles. The molecule has 6 nitrogen and oxygen atoms in total. The number of H-pyrrole nitrogens is 1. The number of thiazole rings is 1. The molecule has 0 aromatic carbocycles. The number of rotatable bonds is 2. The molecular formula is C10H8N4O2S. The normalized spacial score (nSPS) is 10.1. The molecule has 0 aliphatic rings. The third-order valence-electron chi connectivity index (χ3n) is 2.13. The van der Waals surface area contributed by atoms with Crippen molar-refractivity contribution < 1.29 is 0 Å². The quantitative estimate of drug-likeness (QED) is 0.823. The number of nitrogens with one attached hydrogen (secondary N) is 1. The van der Waals surface area contributed by atoms with Gasteiger partial charge in [0.2, 0.25) is 0 Å². The summed E-state index contributed by atoms with van der Waals surface area (Å²) in [6, 6.07) is 1.73. The number of hydrogen-bond donors (Lipinski definition) is 1. The summed E-state index contributed by atoms with van der Waals surface area (Å²) in [5.41, 5.74) is -0.565. The molecule has 0 radical (unpaired) electrons. The van der Waals surface area contributed by atoms with E-state index in [1.807, 2.05) is 12.3 Å². The first kappa shape index (κ1) is 11.3. The minimum Gasteiger partial charge on any atom is -0.293 e. The Hall–Kier alpha value is -2.20. The van der Waals surface area contributed by atoms with Gasteiger partial charge in [0.05, 0.1) is 17.2 Å². The first-order valence-corrected chi connectivity index (χ1v) is 5.63. The third kappa shape index (κ3) is 2.32. The first-order valence-electron chi connectivity index (χ1n) is 4.75. The van der Waals surface area contributed by atoms with Gasteiger partial charge in [0.1, 0.15) is 11.6 Å². The zero-order chi connectivity index (χ0) is 12.4. The lowest BCUT2D eigenvalue weighted by molar-refractivity contribution is 0.705. The van der Waals surface area contributed by atoms with Crippen molar-refractivity contribution in [1.29, 1.82) is 5.26 Å².